The summed E-state index contributed by atoms with van der Waals surface area (Å²) >= 11 is 0. The summed E-state index contributed by atoms with van der Waals surface area (Å²) in [6.45, 7) is 9.39. The second-order valence-corrected chi connectivity index (χ2v) is 14.7. The standard InChI is InChI=1S/C29H62P.BrH/c1-5-9-13-17-21-25-29-30(26-22-18-14-10-6-2,27-23-19-15-11-7-3)28-24-20-16-12-8-4;/h5-29H2,1-4H3;1H/q+1;/p-1. The normalized spacial score (nSPS) is 11.6. The van der Waals surface area contributed by atoms with Gasteiger partial charge in [0.15, 0.2) is 0 Å². The Morgan fingerprint density at radius 1 is 0.290 bits per heavy atom. The highest BCUT2D eigenvalue weighted by atomic mass is 79.9. The second kappa shape index (κ2) is 27.2. The molecule has 31 heavy (non-hydrogen) atoms. The zero-order valence-electron chi connectivity index (χ0n) is 22.5. The van der Waals surface area contributed by atoms with Crippen molar-refractivity contribution in [2.24, 2.45) is 0 Å². The molecule has 0 unspecified atom stereocenters. The van der Waals surface area contributed by atoms with Gasteiger partial charge in [0.05, 0.1) is 24.6 Å². The van der Waals surface area contributed by atoms with Gasteiger partial charge in [0, 0.05) is 7.26 Å². The Balaban J connectivity index is 0. The van der Waals surface area contributed by atoms with Crippen LogP contribution < -0.4 is 17.0 Å². The van der Waals surface area contributed by atoms with E-state index < -0.39 is 7.26 Å². The van der Waals surface area contributed by atoms with E-state index in [0.29, 0.717) is 0 Å². The first-order chi connectivity index (χ1) is 14.7. The van der Waals surface area contributed by atoms with Crippen molar-refractivity contribution in [3.8, 4) is 0 Å². The lowest BCUT2D eigenvalue weighted by Crippen LogP contribution is -3.00. The lowest BCUT2D eigenvalue weighted by Gasteiger charge is -2.28. The van der Waals surface area contributed by atoms with Crippen LogP contribution in [-0.2, 0) is 0 Å². The fraction of sp³-hybridized carbons (Fsp3) is 1.00. The van der Waals surface area contributed by atoms with Crippen LogP contribution in [0.1, 0.15) is 163 Å². The molecule has 0 spiro atoms. The predicted molar refractivity (Wildman–Crippen MR) is 146 cm³/mol. The van der Waals surface area contributed by atoms with Gasteiger partial charge in [-0.25, -0.2) is 0 Å². The maximum atomic E-state index is 2.35. The Bertz CT molecular complexity index is 282. The van der Waals surface area contributed by atoms with E-state index >= 15 is 0 Å². The zero-order valence-corrected chi connectivity index (χ0v) is 25.0. The van der Waals surface area contributed by atoms with Crippen LogP contribution in [0.15, 0.2) is 0 Å². The van der Waals surface area contributed by atoms with Crippen molar-refractivity contribution >= 4 is 7.26 Å². The highest BCUT2D eigenvalue weighted by molar-refractivity contribution is 7.75. The molecule has 0 aromatic heterocycles. The van der Waals surface area contributed by atoms with Gasteiger partial charge in [0.25, 0.3) is 0 Å². The number of hydrogen-bond acceptors (Lipinski definition) is 0. The van der Waals surface area contributed by atoms with E-state index in [4.69, 9.17) is 0 Å². The lowest BCUT2D eigenvalue weighted by molar-refractivity contribution is -0.00000690. The molecule has 0 amide bonds. The number of unbranched alkanes of at least 4 members (excludes halogenated alkanes) is 17. The average molecular weight is 522 g/mol. The van der Waals surface area contributed by atoms with Crippen LogP contribution in [0, 0.1) is 0 Å². The molecule has 0 saturated carbocycles. The summed E-state index contributed by atoms with van der Waals surface area (Å²) in [6.07, 6.45) is 37.6. The van der Waals surface area contributed by atoms with Gasteiger partial charge in [-0.2, -0.15) is 0 Å². The molecule has 0 saturated heterocycles. The summed E-state index contributed by atoms with van der Waals surface area (Å²) < 4.78 is 0. The maximum absolute atomic E-state index is 2.35. The van der Waals surface area contributed by atoms with Crippen LogP contribution >= 0.6 is 7.26 Å². The Labute approximate surface area is 211 Å². The molecular weight excluding hydrogens is 459 g/mol. The number of hydrogen-bond donors (Lipinski definition) is 0. The van der Waals surface area contributed by atoms with E-state index in [1.807, 2.05) is 0 Å². The van der Waals surface area contributed by atoms with E-state index in [0.717, 1.165) is 0 Å². The minimum Gasteiger partial charge on any atom is -1.00 e. The van der Waals surface area contributed by atoms with Crippen molar-refractivity contribution in [1.82, 2.24) is 0 Å². The van der Waals surface area contributed by atoms with Crippen molar-refractivity contribution in [2.45, 2.75) is 163 Å². The van der Waals surface area contributed by atoms with Gasteiger partial charge in [0.2, 0.25) is 0 Å². The van der Waals surface area contributed by atoms with E-state index in [1.165, 1.54) is 109 Å². The molecule has 0 fully saturated rings. The minimum absolute atomic E-state index is 0. The van der Waals surface area contributed by atoms with Crippen LogP contribution in [-0.4, -0.2) is 24.6 Å². The van der Waals surface area contributed by atoms with Crippen molar-refractivity contribution in [1.29, 1.82) is 0 Å². The smallest absolute Gasteiger partial charge is 0.0594 e. The van der Waals surface area contributed by atoms with Gasteiger partial charge in [0.1, 0.15) is 0 Å². The van der Waals surface area contributed by atoms with Crippen LogP contribution in [0.25, 0.3) is 0 Å². The van der Waals surface area contributed by atoms with Gasteiger partial charge in [-0.1, -0.05) is 111 Å². The molecule has 0 nitrogen and oxygen atoms in total. The summed E-state index contributed by atoms with van der Waals surface area (Å²) in [5, 5.41) is 0. The first-order valence-electron chi connectivity index (χ1n) is 14.6. The van der Waals surface area contributed by atoms with Crippen LogP contribution in [0.5, 0.6) is 0 Å². The van der Waals surface area contributed by atoms with Crippen LogP contribution in [0.2, 0.25) is 0 Å². The molecule has 0 aromatic rings. The largest absolute Gasteiger partial charge is 1.00 e. The third-order valence-corrected chi connectivity index (χ3v) is 12.3. The van der Waals surface area contributed by atoms with Crippen molar-refractivity contribution < 1.29 is 17.0 Å². The first-order valence-corrected chi connectivity index (χ1v) is 17.1. The van der Waals surface area contributed by atoms with Crippen molar-refractivity contribution in [2.75, 3.05) is 24.6 Å². The Hall–Kier alpha value is 0.910. The molecule has 0 rings (SSSR count). The second-order valence-electron chi connectivity index (χ2n) is 10.2. The van der Waals surface area contributed by atoms with Crippen molar-refractivity contribution in [3.05, 3.63) is 0 Å². The number of halogens is 1. The molecule has 0 aromatic carbocycles. The summed E-state index contributed by atoms with van der Waals surface area (Å²) in [5.41, 5.74) is 0. The highest BCUT2D eigenvalue weighted by Crippen LogP contribution is 2.61. The third-order valence-electron chi connectivity index (χ3n) is 7.19. The molecule has 0 atom stereocenters. The molecule has 0 N–H and O–H groups in total. The molecule has 0 aliphatic rings. The summed E-state index contributed by atoms with van der Waals surface area (Å²) in [5.74, 6) is 0. The van der Waals surface area contributed by atoms with E-state index in [-0.39, 0.29) is 17.0 Å². The topological polar surface area (TPSA) is 0 Å². The molecular formula is C29H62BrP. The van der Waals surface area contributed by atoms with Gasteiger partial charge in [-0.15, -0.1) is 0 Å². The van der Waals surface area contributed by atoms with Crippen molar-refractivity contribution in [3.63, 3.8) is 0 Å². The van der Waals surface area contributed by atoms with Gasteiger partial charge in [-0.05, 0) is 51.4 Å². The predicted octanol–water partition coefficient (Wildman–Crippen LogP) is 8.28. The highest BCUT2D eigenvalue weighted by Gasteiger charge is 2.34. The van der Waals surface area contributed by atoms with Crippen LogP contribution in [0.3, 0.4) is 0 Å². The molecule has 0 heterocycles. The Morgan fingerprint density at radius 3 is 0.710 bits per heavy atom. The number of rotatable bonds is 25. The molecule has 0 bridgehead atoms. The van der Waals surface area contributed by atoms with Gasteiger partial charge >= 0.3 is 0 Å². The third kappa shape index (κ3) is 22.5. The maximum Gasteiger partial charge on any atom is 0.0594 e. The molecule has 0 aliphatic heterocycles. The van der Waals surface area contributed by atoms with E-state index in [1.54, 1.807) is 50.3 Å². The molecule has 190 valence electrons. The zero-order chi connectivity index (χ0) is 22.2. The van der Waals surface area contributed by atoms with Gasteiger partial charge < -0.3 is 17.0 Å². The molecule has 2 heteroatoms. The minimum atomic E-state index is -0.698. The monoisotopic (exact) mass is 520 g/mol. The van der Waals surface area contributed by atoms with Crippen LogP contribution in [0.4, 0.5) is 0 Å². The Morgan fingerprint density at radius 2 is 0.484 bits per heavy atom. The Kier molecular flexibility index (Phi) is 29.9. The molecule has 0 aliphatic carbocycles. The average Bonchev–Trinajstić information content (AvgIpc) is 2.75. The summed E-state index contributed by atoms with van der Waals surface area (Å²) in [4.78, 5) is 0. The summed E-state index contributed by atoms with van der Waals surface area (Å²) in [6, 6.07) is 0. The quantitative estimate of drug-likeness (QED) is 0.0838. The molecule has 0 radical (unpaired) electrons. The summed E-state index contributed by atoms with van der Waals surface area (Å²) in [7, 11) is -0.698. The van der Waals surface area contributed by atoms with E-state index in [2.05, 4.69) is 27.7 Å². The van der Waals surface area contributed by atoms with E-state index in [9.17, 15) is 0 Å². The first kappa shape index (κ1) is 34.1. The fourth-order valence-corrected chi connectivity index (χ4v) is 9.97. The fourth-order valence-electron chi connectivity index (χ4n) is 5.05. The van der Waals surface area contributed by atoms with Gasteiger partial charge in [-0.3, -0.25) is 0 Å². The lowest BCUT2D eigenvalue weighted by atomic mass is 10.1. The SMILES string of the molecule is CCCCCCCC[P+](CCCCCCC)(CCCCCCC)CCCCCCC.[Br-].